The molecule has 2 N–H and O–H groups in total. The largest absolute Gasteiger partial charge is 0.462 e. The highest BCUT2D eigenvalue weighted by Gasteiger charge is 2.19. The Morgan fingerprint density at radius 3 is 2.87 bits per heavy atom. The second-order valence-electron chi connectivity index (χ2n) is 6.12. The van der Waals surface area contributed by atoms with Gasteiger partial charge in [-0.2, -0.15) is 0 Å². The van der Waals surface area contributed by atoms with Gasteiger partial charge in [-0.05, 0) is 43.7 Å². The number of hydrogen-bond donors (Lipinski definition) is 2. The van der Waals surface area contributed by atoms with Gasteiger partial charge in [0.05, 0.1) is 6.26 Å². The van der Waals surface area contributed by atoms with Gasteiger partial charge in [-0.15, -0.1) is 11.3 Å². The average Bonchev–Trinajstić information content (AvgIpc) is 3.13. The second kappa shape index (κ2) is 8.26. The summed E-state index contributed by atoms with van der Waals surface area (Å²) in [5, 5.41) is 12.8. The van der Waals surface area contributed by atoms with E-state index in [2.05, 4.69) is 24.1 Å². The number of rotatable bonds is 8. The summed E-state index contributed by atoms with van der Waals surface area (Å²) in [6.45, 7) is 6.88. The van der Waals surface area contributed by atoms with E-state index in [4.69, 9.17) is 9.52 Å². The lowest BCUT2D eigenvalue weighted by molar-refractivity contribution is 0.0936. The number of aromatic nitrogens is 1. The molecule has 0 fully saturated rings. The van der Waals surface area contributed by atoms with E-state index in [9.17, 15) is 4.79 Å². The Labute approximate surface area is 140 Å². The summed E-state index contributed by atoms with van der Waals surface area (Å²) in [4.78, 5) is 17.7. The lowest BCUT2D eigenvalue weighted by Crippen LogP contribution is -2.31. The monoisotopic (exact) mass is 336 g/mol. The quantitative estimate of drug-likeness (QED) is 0.774. The molecule has 1 unspecified atom stereocenters. The lowest BCUT2D eigenvalue weighted by atomic mass is 9.94. The fourth-order valence-electron chi connectivity index (χ4n) is 2.59. The third-order valence-electron chi connectivity index (χ3n) is 3.64. The summed E-state index contributed by atoms with van der Waals surface area (Å²) in [6, 6.07) is 3.64. The Balaban J connectivity index is 2.00. The van der Waals surface area contributed by atoms with Crippen molar-refractivity contribution < 1.29 is 14.3 Å². The third kappa shape index (κ3) is 4.91. The van der Waals surface area contributed by atoms with Crippen LogP contribution in [0.1, 0.15) is 42.1 Å². The first-order valence-electron chi connectivity index (χ1n) is 7.91. The van der Waals surface area contributed by atoms with Crippen molar-refractivity contribution in [2.45, 2.75) is 33.6 Å². The number of carbonyl (C=O) groups is 1. The van der Waals surface area contributed by atoms with Crippen molar-refractivity contribution in [1.29, 1.82) is 0 Å². The number of hydrogen-bond acceptors (Lipinski definition) is 5. The molecule has 1 atom stereocenters. The Bertz CT molecular complexity index is 620. The molecule has 2 aromatic rings. The molecular weight excluding hydrogens is 312 g/mol. The molecule has 0 aliphatic heterocycles. The number of nitrogens with one attached hydrogen (secondary N) is 1. The molecule has 0 saturated carbocycles. The van der Waals surface area contributed by atoms with E-state index >= 15 is 0 Å². The molecule has 2 aromatic heterocycles. The van der Waals surface area contributed by atoms with Gasteiger partial charge in [0.1, 0.15) is 5.69 Å². The van der Waals surface area contributed by atoms with Crippen molar-refractivity contribution in [2.75, 3.05) is 13.2 Å². The first-order valence-corrected chi connectivity index (χ1v) is 8.73. The molecule has 0 aliphatic rings. The van der Waals surface area contributed by atoms with Crippen LogP contribution in [0.15, 0.2) is 22.8 Å². The molecule has 0 radical (unpaired) electrons. The highest BCUT2D eigenvalue weighted by Crippen LogP contribution is 2.27. The number of aryl methyl sites for hydroxylation is 1. The number of thiazole rings is 1. The number of aliphatic hydroxyl groups is 1. The van der Waals surface area contributed by atoms with Crippen LogP contribution < -0.4 is 5.32 Å². The molecule has 2 heterocycles. The second-order valence-corrected chi connectivity index (χ2v) is 7.32. The van der Waals surface area contributed by atoms with Gasteiger partial charge in [0.15, 0.2) is 10.8 Å². The van der Waals surface area contributed by atoms with E-state index in [1.54, 1.807) is 12.3 Å². The first-order chi connectivity index (χ1) is 11.0. The van der Waals surface area contributed by atoms with E-state index < -0.39 is 0 Å². The minimum absolute atomic E-state index is 0.144. The Morgan fingerprint density at radius 1 is 1.48 bits per heavy atom. The smallest absolute Gasteiger partial charge is 0.271 e. The van der Waals surface area contributed by atoms with Gasteiger partial charge >= 0.3 is 0 Å². The molecule has 6 heteroatoms. The number of aliphatic hydroxyl groups excluding tert-OH is 1. The van der Waals surface area contributed by atoms with Gasteiger partial charge in [-0.1, -0.05) is 13.8 Å². The summed E-state index contributed by atoms with van der Waals surface area (Å²) in [7, 11) is 0. The normalized spacial score (nSPS) is 12.6. The zero-order chi connectivity index (χ0) is 16.8. The zero-order valence-corrected chi connectivity index (χ0v) is 14.7. The minimum atomic E-state index is -0.164. The first kappa shape index (κ1) is 17.7. The van der Waals surface area contributed by atoms with Crippen molar-refractivity contribution >= 4 is 17.2 Å². The summed E-state index contributed by atoms with van der Waals surface area (Å²) in [6.07, 6.45) is 3.28. The molecule has 0 aromatic carbocycles. The van der Waals surface area contributed by atoms with Crippen molar-refractivity contribution in [1.82, 2.24) is 10.3 Å². The molecule has 0 spiro atoms. The van der Waals surface area contributed by atoms with E-state index in [-0.39, 0.29) is 18.4 Å². The van der Waals surface area contributed by atoms with E-state index in [1.807, 2.05) is 13.0 Å². The summed E-state index contributed by atoms with van der Waals surface area (Å²) >= 11 is 1.45. The van der Waals surface area contributed by atoms with E-state index in [0.717, 1.165) is 11.3 Å². The van der Waals surface area contributed by atoms with Crippen LogP contribution in [0.4, 0.5) is 0 Å². The van der Waals surface area contributed by atoms with Crippen molar-refractivity contribution in [3.05, 3.63) is 29.0 Å². The van der Waals surface area contributed by atoms with Gasteiger partial charge in [0, 0.05) is 18.0 Å². The van der Waals surface area contributed by atoms with Crippen LogP contribution in [-0.4, -0.2) is 29.1 Å². The molecule has 1 amide bonds. The predicted molar refractivity (Wildman–Crippen MR) is 91.5 cm³/mol. The molecule has 0 bridgehead atoms. The highest BCUT2D eigenvalue weighted by molar-refractivity contribution is 7.15. The molecule has 0 aliphatic carbocycles. The number of carbonyl (C=O) groups excluding carboxylic acids is 1. The Kier molecular flexibility index (Phi) is 6.36. The van der Waals surface area contributed by atoms with Crippen LogP contribution >= 0.6 is 11.3 Å². The van der Waals surface area contributed by atoms with E-state index in [0.29, 0.717) is 35.3 Å². The summed E-state index contributed by atoms with van der Waals surface area (Å²) < 4.78 is 5.33. The SMILES string of the molecule is Cc1sc(-c2ccco2)nc1C(=O)NCC(CCO)CC(C)C. The van der Waals surface area contributed by atoms with Crippen molar-refractivity contribution in [3.8, 4) is 10.8 Å². The van der Waals surface area contributed by atoms with E-state index in [1.165, 1.54) is 11.3 Å². The maximum Gasteiger partial charge on any atom is 0.271 e. The fourth-order valence-corrected chi connectivity index (χ4v) is 3.46. The Hall–Kier alpha value is -1.66. The average molecular weight is 336 g/mol. The van der Waals surface area contributed by atoms with Crippen LogP contribution in [0.25, 0.3) is 10.8 Å². The van der Waals surface area contributed by atoms with Crippen molar-refractivity contribution in [3.63, 3.8) is 0 Å². The standard InChI is InChI=1S/C17H24N2O3S/c1-11(2)9-13(6-7-20)10-18-16(21)15-12(3)23-17(19-15)14-5-4-8-22-14/h4-5,8,11,13,20H,6-7,9-10H2,1-3H3,(H,18,21). The predicted octanol–water partition coefficient (Wildman–Crippen LogP) is 3.49. The topological polar surface area (TPSA) is 75.4 Å². The van der Waals surface area contributed by atoms with Crippen molar-refractivity contribution in [2.24, 2.45) is 11.8 Å². The molecular formula is C17H24N2O3S. The zero-order valence-electron chi connectivity index (χ0n) is 13.8. The lowest BCUT2D eigenvalue weighted by Gasteiger charge is -2.18. The van der Waals surface area contributed by atoms with Crippen LogP contribution in [0.2, 0.25) is 0 Å². The van der Waals surface area contributed by atoms with Gasteiger partial charge in [0.25, 0.3) is 5.91 Å². The molecule has 5 nitrogen and oxygen atoms in total. The maximum absolute atomic E-state index is 12.4. The van der Waals surface area contributed by atoms with Crippen LogP contribution in [0.5, 0.6) is 0 Å². The van der Waals surface area contributed by atoms with Crippen LogP contribution in [0, 0.1) is 18.8 Å². The van der Waals surface area contributed by atoms with Crippen LogP contribution in [0.3, 0.4) is 0 Å². The van der Waals surface area contributed by atoms with Gasteiger partial charge in [-0.25, -0.2) is 4.98 Å². The van der Waals surface area contributed by atoms with Gasteiger partial charge in [-0.3, -0.25) is 4.79 Å². The molecule has 0 saturated heterocycles. The summed E-state index contributed by atoms with van der Waals surface area (Å²) in [5.41, 5.74) is 0.452. The molecule has 126 valence electrons. The summed E-state index contributed by atoms with van der Waals surface area (Å²) in [5.74, 6) is 1.33. The minimum Gasteiger partial charge on any atom is -0.462 e. The number of furan rings is 1. The molecule has 23 heavy (non-hydrogen) atoms. The van der Waals surface area contributed by atoms with Gasteiger partial charge in [0.2, 0.25) is 0 Å². The molecule has 2 rings (SSSR count). The third-order valence-corrected chi connectivity index (χ3v) is 4.62. The van der Waals surface area contributed by atoms with Gasteiger partial charge < -0.3 is 14.8 Å². The highest BCUT2D eigenvalue weighted by atomic mass is 32.1. The number of nitrogens with zero attached hydrogens (tertiary/aromatic N) is 1. The maximum atomic E-state index is 12.4. The Morgan fingerprint density at radius 2 is 2.26 bits per heavy atom. The fraction of sp³-hybridized carbons (Fsp3) is 0.529. The number of amides is 1. The van der Waals surface area contributed by atoms with Crippen LogP contribution in [-0.2, 0) is 0 Å².